The Labute approximate surface area is 153 Å². The molecule has 1 heterocycles. The molecule has 0 spiro atoms. The molecule has 1 N–H and O–H groups in total. The number of ether oxygens (including phenoxy) is 2. The second-order valence-corrected chi connectivity index (χ2v) is 6.70. The fourth-order valence-corrected chi connectivity index (χ4v) is 3.48. The van der Waals surface area contributed by atoms with Crippen molar-refractivity contribution in [2.75, 3.05) is 6.61 Å². The van der Waals surface area contributed by atoms with Crippen LogP contribution in [0.4, 0.5) is 0 Å². The highest BCUT2D eigenvalue weighted by Gasteiger charge is 2.27. The zero-order valence-electron chi connectivity index (χ0n) is 14.6. The molecule has 1 aliphatic carbocycles. The number of carbonyl (C=O) groups excluding carboxylic acids is 1. The Hall–Kier alpha value is -2.82. The van der Waals surface area contributed by atoms with Crippen molar-refractivity contribution >= 4 is 11.6 Å². The van der Waals surface area contributed by atoms with Crippen LogP contribution in [0.25, 0.3) is 0 Å². The second kappa shape index (κ2) is 7.60. The number of nitrogens with zero attached hydrogens (tertiary/aromatic N) is 1. The molecule has 1 fully saturated rings. The van der Waals surface area contributed by atoms with Crippen LogP contribution in [0.5, 0.6) is 11.5 Å². The van der Waals surface area contributed by atoms with Crippen LogP contribution in [0.15, 0.2) is 59.7 Å². The number of carbonyl (C=O) groups is 1. The average Bonchev–Trinajstić information content (AvgIpc) is 2.72. The van der Waals surface area contributed by atoms with Crippen molar-refractivity contribution in [3.63, 3.8) is 0 Å². The maximum Gasteiger partial charge on any atom is 0.284 e. The molecule has 2 aliphatic rings. The predicted molar refractivity (Wildman–Crippen MR) is 99.6 cm³/mol. The summed E-state index contributed by atoms with van der Waals surface area (Å²) in [5.41, 5.74) is 5.09. The molecule has 0 saturated heterocycles. The molecule has 1 amide bonds. The quantitative estimate of drug-likeness (QED) is 0.860. The zero-order chi connectivity index (χ0) is 17.8. The van der Waals surface area contributed by atoms with Crippen LogP contribution in [0.1, 0.15) is 37.2 Å². The topological polar surface area (TPSA) is 59.9 Å². The minimum Gasteiger partial charge on any atom is -0.485 e. The summed E-state index contributed by atoms with van der Waals surface area (Å²) in [6, 6.07) is 17.9. The molecule has 2 aromatic rings. The first-order valence-electron chi connectivity index (χ1n) is 9.08. The van der Waals surface area contributed by atoms with E-state index in [0.29, 0.717) is 17.4 Å². The van der Waals surface area contributed by atoms with E-state index >= 15 is 0 Å². The van der Waals surface area contributed by atoms with Gasteiger partial charge in [-0.05, 0) is 49.3 Å². The van der Waals surface area contributed by atoms with E-state index in [9.17, 15) is 4.79 Å². The van der Waals surface area contributed by atoms with Gasteiger partial charge in [0.25, 0.3) is 5.91 Å². The Kier molecular flexibility index (Phi) is 4.86. The lowest BCUT2D eigenvalue weighted by molar-refractivity contribution is -0.130. The number of hydrazone groups is 1. The highest BCUT2D eigenvalue weighted by molar-refractivity contribution is 5.88. The summed E-state index contributed by atoms with van der Waals surface area (Å²) in [5.74, 6) is 1.58. The summed E-state index contributed by atoms with van der Waals surface area (Å²) in [6.45, 7) is 0.198. The monoisotopic (exact) mass is 350 g/mol. The fourth-order valence-electron chi connectivity index (χ4n) is 3.48. The first kappa shape index (κ1) is 16.6. The number of benzene rings is 2. The van der Waals surface area contributed by atoms with Crippen LogP contribution in [0, 0.1) is 0 Å². The highest BCUT2D eigenvalue weighted by atomic mass is 16.6. The maximum atomic E-state index is 12.3. The highest BCUT2D eigenvalue weighted by Crippen LogP contribution is 2.32. The molecule has 26 heavy (non-hydrogen) atoms. The lowest BCUT2D eigenvalue weighted by Gasteiger charge is -2.25. The number of para-hydroxylation sites is 2. The molecule has 5 nitrogen and oxygen atoms in total. The van der Waals surface area contributed by atoms with Crippen molar-refractivity contribution in [3.8, 4) is 11.5 Å². The number of hydrogen-bond acceptors (Lipinski definition) is 4. The number of rotatable bonds is 3. The molecular formula is C21H22N2O3. The van der Waals surface area contributed by atoms with Gasteiger partial charge in [-0.3, -0.25) is 4.79 Å². The van der Waals surface area contributed by atoms with Crippen molar-refractivity contribution in [2.45, 2.75) is 37.7 Å². The van der Waals surface area contributed by atoms with Gasteiger partial charge in [0.05, 0.1) is 0 Å². The SMILES string of the molecule is O=C(NN=C1CCC(c2ccccc2)CC1)C1COc2ccccc2O1. The molecular weight excluding hydrogens is 328 g/mol. The van der Waals surface area contributed by atoms with E-state index in [4.69, 9.17) is 9.47 Å². The van der Waals surface area contributed by atoms with Crippen molar-refractivity contribution in [2.24, 2.45) is 5.10 Å². The van der Waals surface area contributed by atoms with Gasteiger partial charge in [0, 0.05) is 5.71 Å². The van der Waals surface area contributed by atoms with Crippen molar-refractivity contribution in [3.05, 3.63) is 60.2 Å². The molecule has 5 heteroatoms. The average molecular weight is 350 g/mol. The first-order chi connectivity index (χ1) is 12.8. The van der Waals surface area contributed by atoms with Gasteiger partial charge >= 0.3 is 0 Å². The van der Waals surface area contributed by atoms with Gasteiger partial charge in [0.1, 0.15) is 6.61 Å². The summed E-state index contributed by atoms with van der Waals surface area (Å²) >= 11 is 0. The molecule has 0 bridgehead atoms. The van der Waals surface area contributed by atoms with Crippen LogP contribution in [0.2, 0.25) is 0 Å². The molecule has 0 aromatic heterocycles. The van der Waals surface area contributed by atoms with Crippen molar-refractivity contribution < 1.29 is 14.3 Å². The molecule has 0 radical (unpaired) electrons. The minimum atomic E-state index is -0.671. The Bertz CT molecular complexity index is 794. The van der Waals surface area contributed by atoms with Crippen LogP contribution in [0.3, 0.4) is 0 Å². The minimum absolute atomic E-state index is 0.198. The van der Waals surface area contributed by atoms with Crippen LogP contribution in [-0.4, -0.2) is 24.3 Å². The predicted octanol–water partition coefficient (Wildman–Crippen LogP) is 3.66. The third-order valence-electron chi connectivity index (χ3n) is 4.96. The Morgan fingerprint density at radius 2 is 1.65 bits per heavy atom. The normalized spacial score (nSPS) is 21.8. The third kappa shape index (κ3) is 3.72. The zero-order valence-corrected chi connectivity index (χ0v) is 14.6. The Balaban J connectivity index is 1.30. The van der Waals surface area contributed by atoms with E-state index in [2.05, 4.69) is 34.8 Å². The molecule has 4 rings (SSSR count). The van der Waals surface area contributed by atoms with E-state index in [0.717, 1.165) is 31.4 Å². The van der Waals surface area contributed by atoms with E-state index in [-0.39, 0.29) is 12.5 Å². The third-order valence-corrected chi connectivity index (χ3v) is 4.96. The number of hydrogen-bond donors (Lipinski definition) is 1. The van der Waals surface area contributed by atoms with Crippen molar-refractivity contribution in [1.29, 1.82) is 0 Å². The molecule has 1 saturated carbocycles. The Morgan fingerprint density at radius 1 is 0.962 bits per heavy atom. The smallest absolute Gasteiger partial charge is 0.284 e. The number of amides is 1. The number of fused-ring (bicyclic) bond motifs is 1. The summed E-state index contributed by atoms with van der Waals surface area (Å²) < 4.78 is 11.3. The van der Waals surface area contributed by atoms with Gasteiger partial charge in [-0.25, -0.2) is 5.43 Å². The molecule has 2 aromatic carbocycles. The molecule has 1 aliphatic heterocycles. The van der Waals surface area contributed by atoms with Gasteiger partial charge < -0.3 is 9.47 Å². The molecule has 134 valence electrons. The maximum absolute atomic E-state index is 12.3. The van der Waals surface area contributed by atoms with Gasteiger partial charge in [0.2, 0.25) is 6.10 Å². The van der Waals surface area contributed by atoms with Gasteiger partial charge in [-0.15, -0.1) is 0 Å². The summed E-state index contributed by atoms with van der Waals surface area (Å²) in [6.07, 6.45) is 3.27. The second-order valence-electron chi connectivity index (χ2n) is 6.70. The van der Waals surface area contributed by atoms with Gasteiger partial charge in [-0.2, -0.15) is 5.10 Å². The first-order valence-corrected chi connectivity index (χ1v) is 9.08. The lowest BCUT2D eigenvalue weighted by atomic mass is 9.83. The van der Waals surface area contributed by atoms with Crippen LogP contribution < -0.4 is 14.9 Å². The van der Waals surface area contributed by atoms with Crippen molar-refractivity contribution in [1.82, 2.24) is 5.43 Å². The van der Waals surface area contributed by atoms with Crippen LogP contribution >= 0.6 is 0 Å². The summed E-state index contributed by atoms with van der Waals surface area (Å²) in [7, 11) is 0. The largest absolute Gasteiger partial charge is 0.485 e. The van der Waals surface area contributed by atoms with Gasteiger partial charge in [-0.1, -0.05) is 42.5 Å². The fraction of sp³-hybridized carbons (Fsp3) is 0.333. The van der Waals surface area contributed by atoms with E-state index in [1.54, 1.807) is 6.07 Å². The summed E-state index contributed by atoms with van der Waals surface area (Å²) in [4.78, 5) is 12.3. The van der Waals surface area contributed by atoms with E-state index in [1.165, 1.54) is 5.56 Å². The van der Waals surface area contributed by atoms with Gasteiger partial charge in [0.15, 0.2) is 11.5 Å². The lowest BCUT2D eigenvalue weighted by Crippen LogP contribution is -2.42. The van der Waals surface area contributed by atoms with Crippen LogP contribution in [-0.2, 0) is 4.79 Å². The summed E-state index contributed by atoms with van der Waals surface area (Å²) in [5, 5.41) is 4.32. The van der Waals surface area contributed by atoms with E-state index in [1.807, 2.05) is 24.3 Å². The Morgan fingerprint density at radius 3 is 2.42 bits per heavy atom. The standard InChI is InChI=1S/C21H22N2O3/c24-21(20-14-25-18-8-4-5-9-19(18)26-20)23-22-17-12-10-16(11-13-17)15-6-2-1-3-7-15/h1-9,16,20H,10-14H2,(H,23,24). The van der Waals surface area contributed by atoms with E-state index < -0.39 is 6.10 Å². The molecule has 1 atom stereocenters. The molecule has 1 unspecified atom stereocenters. The number of nitrogens with one attached hydrogen (secondary N) is 1.